The number of nitrogens with zero attached hydrogens (tertiary/aromatic N) is 3. The largest absolute Gasteiger partial charge is 0.335 e. The van der Waals surface area contributed by atoms with Crippen LogP contribution in [-0.2, 0) is 10.0 Å². The smallest absolute Gasteiger partial charge is 0.265 e. The second-order valence-corrected chi connectivity index (χ2v) is 9.63. The summed E-state index contributed by atoms with van der Waals surface area (Å²) in [7, 11) is -3.83. The van der Waals surface area contributed by atoms with Gasteiger partial charge in [0.25, 0.3) is 5.91 Å². The van der Waals surface area contributed by atoms with Crippen LogP contribution >= 0.6 is 11.3 Å². The lowest BCUT2D eigenvalue weighted by atomic mass is 10.2. The van der Waals surface area contributed by atoms with Crippen LogP contribution in [0.25, 0.3) is 10.6 Å². The number of halogens is 2. The SMILES string of the molecule is O=C(c1cnc(-c2ccccc2F)s1)N1CCN(S(=O)(=O)c2cccc(F)c2)CC1. The van der Waals surface area contributed by atoms with Gasteiger partial charge in [-0.2, -0.15) is 4.31 Å². The molecule has 0 aliphatic carbocycles. The van der Waals surface area contributed by atoms with Gasteiger partial charge in [0.15, 0.2) is 0 Å². The summed E-state index contributed by atoms with van der Waals surface area (Å²) in [4.78, 5) is 18.7. The number of carbonyl (C=O) groups excluding carboxylic acids is 1. The highest BCUT2D eigenvalue weighted by Crippen LogP contribution is 2.28. The van der Waals surface area contributed by atoms with E-state index in [0.717, 1.165) is 17.4 Å². The predicted molar refractivity (Wildman–Crippen MR) is 109 cm³/mol. The minimum Gasteiger partial charge on any atom is -0.335 e. The van der Waals surface area contributed by atoms with Crippen LogP contribution in [0.3, 0.4) is 0 Å². The summed E-state index contributed by atoms with van der Waals surface area (Å²) in [5.41, 5.74) is 0.326. The number of carbonyl (C=O) groups is 1. The molecule has 0 unspecified atom stereocenters. The minimum absolute atomic E-state index is 0.101. The minimum atomic E-state index is -3.83. The molecule has 1 aliphatic rings. The molecule has 30 heavy (non-hydrogen) atoms. The van der Waals surface area contributed by atoms with E-state index in [1.165, 1.54) is 39.7 Å². The molecule has 6 nitrogen and oxygen atoms in total. The van der Waals surface area contributed by atoms with Crippen molar-refractivity contribution in [1.29, 1.82) is 0 Å². The van der Waals surface area contributed by atoms with Crippen molar-refractivity contribution in [1.82, 2.24) is 14.2 Å². The van der Waals surface area contributed by atoms with Gasteiger partial charge in [-0.05, 0) is 30.3 Å². The first kappa shape index (κ1) is 20.6. The molecule has 0 bridgehead atoms. The third-order valence-corrected chi connectivity index (χ3v) is 7.69. The Kier molecular flexibility index (Phi) is 5.63. The van der Waals surface area contributed by atoms with E-state index in [1.54, 1.807) is 18.2 Å². The van der Waals surface area contributed by atoms with Crippen LogP contribution in [0.2, 0.25) is 0 Å². The number of aromatic nitrogens is 1. The van der Waals surface area contributed by atoms with Gasteiger partial charge in [-0.25, -0.2) is 22.2 Å². The highest BCUT2D eigenvalue weighted by atomic mass is 32.2. The highest BCUT2D eigenvalue weighted by molar-refractivity contribution is 7.89. The number of benzene rings is 2. The van der Waals surface area contributed by atoms with E-state index in [-0.39, 0.29) is 37.0 Å². The molecule has 156 valence electrons. The number of hydrogen-bond acceptors (Lipinski definition) is 5. The molecule has 1 aromatic heterocycles. The Hall–Kier alpha value is -2.69. The molecule has 1 fully saturated rings. The summed E-state index contributed by atoms with van der Waals surface area (Å²) in [5, 5.41) is 0.406. The van der Waals surface area contributed by atoms with Gasteiger partial charge in [-0.1, -0.05) is 18.2 Å². The van der Waals surface area contributed by atoms with Crippen molar-refractivity contribution in [2.75, 3.05) is 26.2 Å². The molecule has 2 heterocycles. The molecular weight excluding hydrogens is 432 g/mol. The Morgan fingerprint density at radius 1 is 1.00 bits per heavy atom. The second-order valence-electron chi connectivity index (χ2n) is 6.66. The highest BCUT2D eigenvalue weighted by Gasteiger charge is 2.31. The molecule has 1 amide bonds. The molecule has 1 aliphatic heterocycles. The molecule has 0 saturated carbocycles. The molecule has 1 saturated heterocycles. The maximum atomic E-state index is 13.9. The van der Waals surface area contributed by atoms with E-state index in [4.69, 9.17) is 0 Å². The zero-order chi connectivity index (χ0) is 21.3. The van der Waals surface area contributed by atoms with Crippen molar-refractivity contribution in [2.45, 2.75) is 4.90 Å². The van der Waals surface area contributed by atoms with Crippen LogP contribution < -0.4 is 0 Å². The summed E-state index contributed by atoms with van der Waals surface area (Å²) in [6.45, 7) is 0.591. The maximum Gasteiger partial charge on any atom is 0.265 e. The lowest BCUT2D eigenvalue weighted by Gasteiger charge is -2.33. The standard InChI is InChI=1S/C20H17F2N3O3S2/c21-14-4-3-5-15(12-14)30(27,28)25-10-8-24(9-11-25)20(26)18-13-23-19(29-18)16-6-1-2-7-17(16)22/h1-7,12-13H,8-11H2. The average molecular weight is 450 g/mol. The van der Waals surface area contributed by atoms with Gasteiger partial charge in [-0.3, -0.25) is 4.79 Å². The third-order valence-electron chi connectivity index (χ3n) is 4.78. The zero-order valence-corrected chi connectivity index (χ0v) is 17.3. The Morgan fingerprint density at radius 3 is 2.43 bits per heavy atom. The molecule has 0 atom stereocenters. The Morgan fingerprint density at radius 2 is 1.73 bits per heavy atom. The zero-order valence-electron chi connectivity index (χ0n) is 15.7. The summed E-state index contributed by atoms with van der Waals surface area (Å²) in [6.07, 6.45) is 1.41. The number of amides is 1. The van der Waals surface area contributed by atoms with Gasteiger partial charge in [0.1, 0.15) is 21.5 Å². The molecular formula is C20H17F2N3O3S2. The Bertz CT molecular complexity index is 1190. The molecule has 0 radical (unpaired) electrons. The number of hydrogen-bond donors (Lipinski definition) is 0. The number of piperazine rings is 1. The van der Waals surface area contributed by atoms with E-state index in [2.05, 4.69) is 4.98 Å². The van der Waals surface area contributed by atoms with Crippen LogP contribution in [-0.4, -0.2) is 54.7 Å². The molecule has 0 N–H and O–H groups in total. The van der Waals surface area contributed by atoms with Gasteiger partial charge in [0, 0.05) is 31.7 Å². The third kappa shape index (κ3) is 3.98. The lowest BCUT2D eigenvalue weighted by molar-refractivity contribution is 0.0702. The predicted octanol–water partition coefficient (Wildman–Crippen LogP) is 3.24. The lowest BCUT2D eigenvalue weighted by Crippen LogP contribution is -2.50. The molecule has 4 rings (SSSR count). The van der Waals surface area contributed by atoms with Crippen molar-refractivity contribution >= 4 is 27.3 Å². The average Bonchev–Trinajstić information content (AvgIpc) is 3.23. The fraction of sp³-hybridized carbons (Fsp3) is 0.200. The van der Waals surface area contributed by atoms with Crippen LogP contribution in [0.5, 0.6) is 0 Å². The van der Waals surface area contributed by atoms with Crippen LogP contribution in [0.1, 0.15) is 9.67 Å². The molecule has 10 heteroatoms. The van der Waals surface area contributed by atoms with Crippen molar-refractivity contribution in [3.05, 3.63) is 71.2 Å². The number of thiazole rings is 1. The summed E-state index contributed by atoms with van der Waals surface area (Å²) >= 11 is 1.09. The summed E-state index contributed by atoms with van der Waals surface area (Å²) in [6, 6.07) is 11.1. The van der Waals surface area contributed by atoms with Gasteiger partial charge >= 0.3 is 0 Å². The van der Waals surface area contributed by atoms with Gasteiger partial charge < -0.3 is 4.90 Å². The summed E-state index contributed by atoms with van der Waals surface area (Å²) < 4.78 is 54.0. The van der Waals surface area contributed by atoms with Gasteiger partial charge in [0.2, 0.25) is 10.0 Å². The van der Waals surface area contributed by atoms with Crippen molar-refractivity contribution in [3.8, 4) is 10.6 Å². The first-order valence-corrected chi connectivity index (χ1v) is 11.4. The van der Waals surface area contributed by atoms with Crippen molar-refractivity contribution in [3.63, 3.8) is 0 Å². The van der Waals surface area contributed by atoms with E-state index >= 15 is 0 Å². The van der Waals surface area contributed by atoms with E-state index in [9.17, 15) is 22.0 Å². The van der Waals surface area contributed by atoms with Crippen LogP contribution in [0.15, 0.2) is 59.6 Å². The quantitative estimate of drug-likeness (QED) is 0.613. The number of rotatable bonds is 4. The van der Waals surface area contributed by atoms with E-state index in [1.807, 2.05) is 0 Å². The van der Waals surface area contributed by atoms with Crippen LogP contribution in [0.4, 0.5) is 8.78 Å². The van der Waals surface area contributed by atoms with Gasteiger partial charge in [0.05, 0.1) is 11.1 Å². The molecule has 3 aromatic rings. The fourth-order valence-electron chi connectivity index (χ4n) is 3.20. The number of sulfonamides is 1. The van der Waals surface area contributed by atoms with Crippen LogP contribution in [0, 0.1) is 11.6 Å². The van der Waals surface area contributed by atoms with Gasteiger partial charge in [-0.15, -0.1) is 11.3 Å². The fourth-order valence-corrected chi connectivity index (χ4v) is 5.56. The second kappa shape index (κ2) is 8.21. The first-order chi connectivity index (χ1) is 14.4. The van der Waals surface area contributed by atoms with E-state index < -0.39 is 21.7 Å². The maximum absolute atomic E-state index is 13.9. The topological polar surface area (TPSA) is 70.6 Å². The normalized spacial score (nSPS) is 15.3. The first-order valence-electron chi connectivity index (χ1n) is 9.12. The van der Waals surface area contributed by atoms with Crippen molar-refractivity contribution < 1.29 is 22.0 Å². The summed E-state index contributed by atoms with van der Waals surface area (Å²) in [5.74, 6) is -1.32. The monoisotopic (exact) mass is 449 g/mol. The van der Waals surface area contributed by atoms with Crippen molar-refractivity contribution in [2.24, 2.45) is 0 Å². The molecule has 2 aromatic carbocycles. The Labute approximate surface area is 176 Å². The Balaban J connectivity index is 1.45. The molecule has 0 spiro atoms. The van der Waals surface area contributed by atoms with E-state index in [0.29, 0.717) is 15.4 Å².